The predicted octanol–water partition coefficient (Wildman–Crippen LogP) is 2.52. The molecule has 118 valence electrons. The fourth-order valence-corrected chi connectivity index (χ4v) is 1.72. The van der Waals surface area contributed by atoms with Crippen molar-refractivity contribution in [2.45, 2.75) is 6.36 Å². The maximum absolute atomic E-state index is 12.3. The van der Waals surface area contributed by atoms with Crippen molar-refractivity contribution in [3.63, 3.8) is 0 Å². The molecule has 0 saturated carbocycles. The van der Waals surface area contributed by atoms with E-state index in [0.717, 1.165) is 0 Å². The van der Waals surface area contributed by atoms with E-state index < -0.39 is 12.1 Å². The van der Waals surface area contributed by atoms with Crippen LogP contribution in [0.4, 0.5) is 18.9 Å². The zero-order valence-corrected chi connectivity index (χ0v) is 12.7. The van der Waals surface area contributed by atoms with Gasteiger partial charge in [0.25, 0.3) is 0 Å². The number of carbonyl (C=O) groups excluding carboxylic acids is 1. The highest BCUT2D eigenvalue weighted by Gasteiger charge is 2.32. The molecule has 0 radical (unpaired) electrons. The van der Waals surface area contributed by atoms with Gasteiger partial charge < -0.3 is 20.1 Å². The number of nitrogens with one attached hydrogen (secondary N) is 2. The molecule has 9 heteroatoms. The van der Waals surface area contributed by atoms with Gasteiger partial charge in [-0.05, 0) is 18.2 Å². The maximum Gasteiger partial charge on any atom is 0.573 e. The minimum absolute atomic E-state index is 0.0671. The van der Waals surface area contributed by atoms with Crippen LogP contribution in [0.1, 0.15) is 0 Å². The molecule has 0 aliphatic carbocycles. The molecule has 21 heavy (non-hydrogen) atoms. The zero-order chi connectivity index (χ0) is 15.9. The average Bonchev–Trinajstić information content (AvgIpc) is 2.36. The normalized spacial score (nSPS) is 11.1. The first-order valence-corrected chi connectivity index (χ1v) is 6.66. The van der Waals surface area contributed by atoms with E-state index in [-0.39, 0.29) is 18.1 Å². The summed E-state index contributed by atoms with van der Waals surface area (Å²) >= 11 is 3.06. The van der Waals surface area contributed by atoms with Gasteiger partial charge in [0.1, 0.15) is 0 Å². The summed E-state index contributed by atoms with van der Waals surface area (Å²) in [6, 6.07) is 4.08. The van der Waals surface area contributed by atoms with Gasteiger partial charge in [-0.25, -0.2) is 0 Å². The molecule has 0 aliphatic rings. The molecule has 1 aromatic rings. The Hall–Kier alpha value is -1.48. The van der Waals surface area contributed by atoms with Gasteiger partial charge in [-0.3, -0.25) is 4.79 Å². The molecule has 0 saturated heterocycles. The molecular weight excluding hydrogens is 357 g/mol. The summed E-state index contributed by atoms with van der Waals surface area (Å²) in [6.07, 6.45) is -4.81. The third-order valence-corrected chi connectivity index (χ3v) is 2.73. The minimum atomic E-state index is -4.81. The quantitative estimate of drug-likeness (QED) is 0.724. The van der Waals surface area contributed by atoms with Crippen LogP contribution in [-0.2, 0) is 9.53 Å². The number of ether oxygens (including phenoxy) is 2. The lowest BCUT2D eigenvalue weighted by Gasteiger charge is -2.15. The first-order valence-electron chi connectivity index (χ1n) is 5.86. The van der Waals surface area contributed by atoms with Crippen LogP contribution in [0.5, 0.6) is 5.75 Å². The molecule has 0 spiro atoms. The Morgan fingerprint density at radius 2 is 2.10 bits per heavy atom. The molecule has 0 aromatic heterocycles. The van der Waals surface area contributed by atoms with Crippen molar-refractivity contribution in [3.8, 4) is 5.75 Å². The van der Waals surface area contributed by atoms with Crippen LogP contribution < -0.4 is 15.4 Å². The van der Waals surface area contributed by atoms with E-state index in [1.165, 1.54) is 25.3 Å². The number of carbonyl (C=O) groups is 1. The topological polar surface area (TPSA) is 59.6 Å². The van der Waals surface area contributed by atoms with Crippen LogP contribution in [0, 0.1) is 0 Å². The Labute approximate surface area is 127 Å². The average molecular weight is 371 g/mol. The standard InChI is InChI=1S/C12H14BrF3N2O3/c1-20-5-4-17-11(19)7-18-9-3-2-8(13)6-10(9)21-12(14,15)16/h2-3,6,18H,4-5,7H2,1H3,(H,17,19). The monoisotopic (exact) mass is 370 g/mol. The second-order valence-corrected chi connectivity index (χ2v) is 4.80. The Morgan fingerprint density at radius 3 is 2.71 bits per heavy atom. The van der Waals surface area contributed by atoms with E-state index in [1.54, 1.807) is 0 Å². The van der Waals surface area contributed by atoms with Crippen LogP contribution in [0.2, 0.25) is 0 Å². The van der Waals surface area contributed by atoms with Crippen molar-refractivity contribution in [2.75, 3.05) is 32.1 Å². The molecule has 2 N–H and O–H groups in total. The smallest absolute Gasteiger partial charge is 0.404 e. The highest BCUT2D eigenvalue weighted by molar-refractivity contribution is 9.10. The lowest BCUT2D eigenvalue weighted by Crippen LogP contribution is -2.32. The van der Waals surface area contributed by atoms with E-state index in [2.05, 4.69) is 31.3 Å². The third kappa shape index (κ3) is 7.19. The summed E-state index contributed by atoms with van der Waals surface area (Å²) in [4.78, 5) is 11.5. The number of benzene rings is 1. The lowest BCUT2D eigenvalue weighted by molar-refractivity contribution is -0.274. The summed E-state index contributed by atoms with van der Waals surface area (Å²) < 4.78 is 46.0. The molecule has 5 nitrogen and oxygen atoms in total. The highest BCUT2D eigenvalue weighted by atomic mass is 79.9. The largest absolute Gasteiger partial charge is 0.573 e. The molecule has 1 amide bonds. The van der Waals surface area contributed by atoms with Crippen LogP contribution in [-0.4, -0.2) is 39.1 Å². The van der Waals surface area contributed by atoms with Gasteiger partial charge in [-0.1, -0.05) is 15.9 Å². The van der Waals surface area contributed by atoms with Gasteiger partial charge in [0.15, 0.2) is 5.75 Å². The molecule has 1 rings (SSSR count). The third-order valence-electron chi connectivity index (χ3n) is 2.24. The number of amides is 1. The Kier molecular flexibility index (Phi) is 6.76. The van der Waals surface area contributed by atoms with Crippen LogP contribution in [0.3, 0.4) is 0 Å². The van der Waals surface area contributed by atoms with Crippen LogP contribution in [0.25, 0.3) is 0 Å². The van der Waals surface area contributed by atoms with E-state index in [1.807, 2.05) is 0 Å². The van der Waals surface area contributed by atoms with E-state index in [0.29, 0.717) is 17.6 Å². The molecular formula is C12H14BrF3N2O3. The van der Waals surface area contributed by atoms with Gasteiger partial charge in [0.2, 0.25) is 5.91 Å². The van der Waals surface area contributed by atoms with Gasteiger partial charge in [-0.2, -0.15) is 0 Å². The summed E-state index contributed by atoms with van der Waals surface area (Å²) in [5.41, 5.74) is 0.0671. The van der Waals surface area contributed by atoms with Crippen LogP contribution in [0.15, 0.2) is 22.7 Å². The molecule has 0 fully saturated rings. The van der Waals surface area contributed by atoms with Gasteiger partial charge in [-0.15, -0.1) is 13.2 Å². The van der Waals surface area contributed by atoms with Crippen molar-refractivity contribution in [3.05, 3.63) is 22.7 Å². The number of anilines is 1. The van der Waals surface area contributed by atoms with Crippen LogP contribution >= 0.6 is 15.9 Å². The maximum atomic E-state index is 12.3. The van der Waals surface area contributed by atoms with E-state index in [9.17, 15) is 18.0 Å². The molecule has 0 unspecified atom stereocenters. The van der Waals surface area contributed by atoms with Crippen molar-refractivity contribution in [2.24, 2.45) is 0 Å². The second kappa shape index (κ2) is 8.08. The Balaban J connectivity index is 2.63. The van der Waals surface area contributed by atoms with Crippen molar-refractivity contribution in [1.29, 1.82) is 0 Å². The zero-order valence-electron chi connectivity index (χ0n) is 11.1. The fraction of sp³-hybridized carbons (Fsp3) is 0.417. The van der Waals surface area contributed by atoms with Crippen molar-refractivity contribution in [1.82, 2.24) is 5.32 Å². The summed E-state index contributed by atoms with van der Waals surface area (Å²) in [5.74, 6) is -0.783. The Morgan fingerprint density at radius 1 is 1.38 bits per heavy atom. The van der Waals surface area contributed by atoms with Crippen molar-refractivity contribution >= 4 is 27.5 Å². The number of methoxy groups -OCH3 is 1. The highest BCUT2D eigenvalue weighted by Crippen LogP contribution is 2.32. The molecule has 0 atom stereocenters. The first kappa shape index (κ1) is 17.6. The van der Waals surface area contributed by atoms with Gasteiger partial charge >= 0.3 is 6.36 Å². The molecule has 0 heterocycles. The molecule has 0 bridgehead atoms. The molecule has 0 aliphatic heterocycles. The van der Waals surface area contributed by atoms with Gasteiger partial charge in [0.05, 0.1) is 18.8 Å². The summed E-state index contributed by atoms with van der Waals surface area (Å²) in [6.45, 7) is 0.495. The summed E-state index contributed by atoms with van der Waals surface area (Å²) in [7, 11) is 1.49. The van der Waals surface area contributed by atoms with Crippen molar-refractivity contribution < 1.29 is 27.4 Å². The van der Waals surface area contributed by atoms with Gasteiger partial charge in [0, 0.05) is 18.1 Å². The predicted molar refractivity (Wildman–Crippen MR) is 74.2 cm³/mol. The summed E-state index contributed by atoms with van der Waals surface area (Å²) in [5, 5.41) is 5.13. The Bertz CT molecular complexity index is 483. The second-order valence-electron chi connectivity index (χ2n) is 3.88. The number of rotatable bonds is 7. The number of alkyl halides is 3. The fourth-order valence-electron chi connectivity index (χ4n) is 1.38. The SMILES string of the molecule is COCCNC(=O)CNc1ccc(Br)cc1OC(F)(F)F. The number of halogens is 4. The van der Waals surface area contributed by atoms with E-state index >= 15 is 0 Å². The number of hydrogen-bond donors (Lipinski definition) is 2. The first-order chi connectivity index (χ1) is 9.81. The lowest BCUT2D eigenvalue weighted by atomic mass is 10.3. The minimum Gasteiger partial charge on any atom is -0.404 e. The van der Waals surface area contributed by atoms with E-state index in [4.69, 9.17) is 4.74 Å². The molecule has 1 aromatic carbocycles. The number of hydrogen-bond acceptors (Lipinski definition) is 4.